The first-order valence-corrected chi connectivity index (χ1v) is 6.36. The van der Waals surface area contributed by atoms with Crippen molar-refractivity contribution in [2.75, 3.05) is 0 Å². The number of hydrogen-bond acceptors (Lipinski definition) is 5. The van der Waals surface area contributed by atoms with Crippen LogP contribution in [0.5, 0.6) is 11.5 Å². The monoisotopic (exact) mass is 289 g/mol. The summed E-state index contributed by atoms with van der Waals surface area (Å²) in [5.74, 6) is 0.415. The third kappa shape index (κ3) is 3.36. The van der Waals surface area contributed by atoms with Gasteiger partial charge in [0.25, 0.3) is 0 Å². The van der Waals surface area contributed by atoms with Crippen LogP contribution in [0.25, 0.3) is 0 Å². The maximum absolute atomic E-state index is 11.1. The molecular formula is C15H15NO5. The lowest BCUT2D eigenvalue weighted by Crippen LogP contribution is -1.98. The zero-order valence-corrected chi connectivity index (χ0v) is 11.4. The van der Waals surface area contributed by atoms with E-state index in [2.05, 4.69) is 0 Å². The van der Waals surface area contributed by atoms with Crippen LogP contribution in [-0.2, 0) is 6.61 Å². The summed E-state index contributed by atoms with van der Waals surface area (Å²) in [5, 5.41) is 29.9. The lowest BCUT2D eigenvalue weighted by Gasteiger charge is -2.11. The Hall–Kier alpha value is -2.44. The number of aliphatic hydroxyl groups is 2. The summed E-state index contributed by atoms with van der Waals surface area (Å²) >= 11 is 0. The molecule has 0 radical (unpaired) electrons. The molecule has 0 bridgehead atoms. The van der Waals surface area contributed by atoms with Gasteiger partial charge in [0.15, 0.2) is 0 Å². The van der Waals surface area contributed by atoms with Crippen molar-refractivity contribution in [1.29, 1.82) is 0 Å². The summed E-state index contributed by atoms with van der Waals surface area (Å²) < 4.78 is 5.54. The highest BCUT2D eigenvalue weighted by atomic mass is 16.6. The van der Waals surface area contributed by atoms with Crippen LogP contribution in [0.1, 0.15) is 24.2 Å². The first-order valence-electron chi connectivity index (χ1n) is 6.36. The quantitative estimate of drug-likeness (QED) is 0.652. The molecule has 1 atom stereocenters. The van der Waals surface area contributed by atoms with Crippen molar-refractivity contribution in [3.8, 4) is 11.5 Å². The highest BCUT2D eigenvalue weighted by Crippen LogP contribution is 2.34. The largest absolute Gasteiger partial charge is 0.450 e. The predicted octanol–water partition coefficient (Wildman–Crippen LogP) is 2.93. The van der Waals surface area contributed by atoms with Gasteiger partial charge in [-0.1, -0.05) is 24.3 Å². The zero-order chi connectivity index (χ0) is 15.4. The van der Waals surface area contributed by atoms with Gasteiger partial charge in [0.05, 0.1) is 17.6 Å². The van der Waals surface area contributed by atoms with E-state index in [1.807, 2.05) is 0 Å². The molecule has 0 fully saturated rings. The molecule has 0 aliphatic carbocycles. The Morgan fingerprint density at radius 3 is 2.57 bits per heavy atom. The molecule has 0 aliphatic rings. The third-order valence-electron chi connectivity index (χ3n) is 3.02. The number of nitrogens with zero attached hydrogens (tertiary/aromatic N) is 1. The topological polar surface area (TPSA) is 92.8 Å². The van der Waals surface area contributed by atoms with E-state index in [1.165, 1.54) is 19.1 Å². The molecule has 0 spiro atoms. The number of aliphatic hydroxyl groups excluding tert-OH is 2. The Balaban J connectivity index is 2.42. The van der Waals surface area contributed by atoms with E-state index >= 15 is 0 Å². The lowest BCUT2D eigenvalue weighted by atomic mass is 10.1. The smallest absolute Gasteiger partial charge is 0.311 e. The average Bonchev–Trinajstić information content (AvgIpc) is 2.47. The van der Waals surface area contributed by atoms with E-state index in [-0.39, 0.29) is 18.0 Å². The molecule has 0 aliphatic heterocycles. The molecule has 2 aromatic rings. The summed E-state index contributed by atoms with van der Waals surface area (Å²) in [6, 6.07) is 11.0. The standard InChI is InChI=1S/C15H15NO5/c1-10(18)11-6-7-15(13(8-11)16(19)20)21-14-5-3-2-4-12(14)9-17/h2-8,10,17-18H,9H2,1H3. The Morgan fingerprint density at radius 2 is 1.95 bits per heavy atom. The van der Waals surface area contributed by atoms with Gasteiger partial charge < -0.3 is 14.9 Å². The molecule has 2 N–H and O–H groups in total. The molecule has 2 rings (SSSR count). The van der Waals surface area contributed by atoms with Gasteiger partial charge in [-0.15, -0.1) is 0 Å². The van der Waals surface area contributed by atoms with E-state index in [9.17, 15) is 20.3 Å². The Bertz CT molecular complexity index is 654. The molecule has 21 heavy (non-hydrogen) atoms. The minimum absolute atomic E-state index is 0.0605. The van der Waals surface area contributed by atoms with E-state index in [0.29, 0.717) is 16.9 Å². The van der Waals surface area contributed by atoms with Crippen LogP contribution in [0.15, 0.2) is 42.5 Å². The number of rotatable bonds is 5. The SMILES string of the molecule is CC(O)c1ccc(Oc2ccccc2CO)c([N+](=O)[O-])c1. The molecule has 6 nitrogen and oxygen atoms in total. The molecule has 0 amide bonds. The normalized spacial score (nSPS) is 12.0. The number of nitro groups is 1. The number of para-hydroxylation sites is 1. The molecule has 0 saturated heterocycles. The van der Waals surface area contributed by atoms with Crippen LogP contribution in [0, 0.1) is 10.1 Å². The minimum atomic E-state index is -0.803. The molecule has 6 heteroatoms. The molecule has 0 saturated carbocycles. The van der Waals surface area contributed by atoms with Crippen LogP contribution < -0.4 is 4.74 Å². The molecule has 2 aromatic carbocycles. The van der Waals surface area contributed by atoms with Crippen molar-refractivity contribution >= 4 is 5.69 Å². The molecule has 110 valence electrons. The summed E-state index contributed by atoms with van der Waals surface area (Å²) in [6.45, 7) is 1.30. The highest BCUT2D eigenvalue weighted by Gasteiger charge is 2.19. The third-order valence-corrected chi connectivity index (χ3v) is 3.02. The van der Waals surface area contributed by atoms with Gasteiger partial charge in [-0.05, 0) is 24.6 Å². The fourth-order valence-electron chi connectivity index (χ4n) is 1.88. The maximum Gasteiger partial charge on any atom is 0.311 e. The Kier molecular flexibility index (Phi) is 4.52. The van der Waals surface area contributed by atoms with Crippen molar-refractivity contribution < 1.29 is 19.9 Å². The van der Waals surface area contributed by atoms with Crippen LogP contribution in [0.3, 0.4) is 0 Å². The van der Waals surface area contributed by atoms with E-state index in [1.54, 1.807) is 30.3 Å². The van der Waals surface area contributed by atoms with Gasteiger partial charge in [-0.2, -0.15) is 0 Å². The lowest BCUT2D eigenvalue weighted by molar-refractivity contribution is -0.385. The van der Waals surface area contributed by atoms with Crippen LogP contribution >= 0.6 is 0 Å². The van der Waals surface area contributed by atoms with Gasteiger partial charge in [-0.25, -0.2) is 0 Å². The number of nitro benzene ring substituents is 1. The van der Waals surface area contributed by atoms with Crippen molar-refractivity contribution in [3.63, 3.8) is 0 Å². The number of hydrogen-bond donors (Lipinski definition) is 2. The molecule has 0 heterocycles. The van der Waals surface area contributed by atoms with E-state index in [4.69, 9.17) is 4.74 Å². The molecular weight excluding hydrogens is 274 g/mol. The second kappa shape index (κ2) is 6.34. The summed E-state index contributed by atoms with van der Waals surface area (Å²) in [7, 11) is 0. The van der Waals surface area contributed by atoms with Crippen LogP contribution in [0.4, 0.5) is 5.69 Å². The van der Waals surface area contributed by atoms with Crippen molar-refractivity contribution in [1.82, 2.24) is 0 Å². The Morgan fingerprint density at radius 1 is 1.24 bits per heavy atom. The van der Waals surface area contributed by atoms with Gasteiger partial charge in [-0.3, -0.25) is 10.1 Å². The van der Waals surface area contributed by atoms with Crippen molar-refractivity contribution in [3.05, 3.63) is 63.7 Å². The second-order valence-corrected chi connectivity index (χ2v) is 4.53. The number of ether oxygens (including phenoxy) is 1. The highest BCUT2D eigenvalue weighted by molar-refractivity contribution is 5.51. The van der Waals surface area contributed by atoms with Gasteiger partial charge >= 0.3 is 5.69 Å². The maximum atomic E-state index is 11.1. The van der Waals surface area contributed by atoms with Crippen molar-refractivity contribution in [2.45, 2.75) is 19.6 Å². The van der Waals surface area contributed by atoms with E-state index in [0.717, 1.165) is 0 Å². The average molecular weight is 289 g/mol. The first-order chi connectivity index (χ1) is 10.0. The van der Waals surface area contributed by atoms with Crippen LogP contribution in [-0.4, -0.2) is 15.1 Å². The minimum Gasteiger partial charge on any atom is -0.450 e. The van der Waals surface area contributed by atoms with Gasteiger partial charge in [0, 0.05) is 11.6 Å². The predicted molar refractivity (Wildman–Crippen MR) is 76.2 cm³/mol. The first kappa shape index (κ1) is 15.0. The molecule has 1 unspecified atom stereocenters. The van der Waals surface area contributed by atoms with E-state index < -0.39 is 11.0 Å². The molecule has 0 aromatic heterocycles. The number of benzene rings is 2. The second-order valence-electron chi connectivity index (χ2n) is 4.53. The van der Waals surface area contributed by atoms with Gasteiger partial charge in [0.2, 0.25) is 5.75 Å². The zero-order valence-electron chi connectivity index (χ0n) is 11.4. The van der Waals surface area contributed by atoms with Crippen molar-refractivity contribution in [2.24, 2.45) is 0 Å². The Labute approximate surface area is 121 Å². The fraction of sp³-hybridized carbons (Fsp3) is 0.200. The van der Waals surface area contributed by atoms with Gasteiger partial charge in [0.1, 0.15) is 5.75 Å². The summed E-state index contributed by atoms with van der Waals surface area (Å²) in [5.41, 5.74) is 0.733. The summed E-state index contributed by atoms with van der Waals surface area (Å²) in [4.78, 5) is 10.6. The fourth-order valence-corrected chi connectivity index (χ4v) is 1.88. The summed E-state index contributed by atoms with van der Waals surface area (Å²) in [6.07, 6.45) is -0.803. The van der Waals surface area contributed by atoms with Crippen LogP contribution in [0.2, 0.25) is 0 Å².